The number of rotatable bonds is 62. The minimum Gasteiger partial charge on any atom is -0.462 e. The maximum atomic E-state index is 13.0. The van der Waals surface area contributed by atoms with Crippen LogP contribution in [0.25, 0.3) is 0 Å². The van der Waals surface area contributed by atoms with Crippen LogP contribution >= 0.6 is 0 Å². The summed E-state index contributed by atoms with van der Waals surface area (Å²) < 4.78 is 17.0. The summed E-state index contributed by atoms with van der Waals surface area (Å²) >= 11 is 0. The first-order chi connectivity index (χ1) is 39.5. The molecule has 0 aliphatic rings. The molecular weight excluding hydrogens is 985 g/mol. The van der Waals surface area contributed by atoms with Crippen molar-refractivity contribution in [2.75, 3.05) is 13.2 Å². The van der Waals surface area contributed by atoms with E-state index >= 15 is 0 Å². The Kier molecular flexibility index (Phi) is 64.7. The van der Waals surface area contributed by atoms with Crippen LogP contribution in [0.4, 0.5) is 0 Å². The highest BCUT2D eigenvalue weighted by atomic mass is 16.6. The van der Waals surface area contributed by atoms with Gasteiger partial charge in [-0.25, -0.2) is 0 Å². The van der Waals surface area contributed by atoms with Gasteiger partial charge in [0, 0.05) is 19.3 Å². The zero-order chi connectivity index (χ0) is 57.8. The Morgan fingerprint density at radius 2 is 0.450 bits per heavy atom. The van der Waals surface area contributed by atoms with E-state index in [1.165, 1.54) is 173 Å². The predicted molar refractivity (Wildman–Crippen MR) is 348 cm³/mol. The summed E-state index contributed by atoms with van der Waals surface area (Å²) in [6.45, 7) is 6.61. The third-order valence-corrected chi connectivity index (χ3v) is 14.8. The van der Waals surface area contributed by atoms with Gasteiger partial charge in [-0.15, -0.1) is 0 Å². The maximum Gasteiger partial charge on any atom is 0.306 e. The number of ether oxygens (including phenoxy) is 3. The van der Waals surface area contributed by atoms with Crippen LogP contribution < -0.4 is 0 Å². The molecule has 0 rings (SSSR count). The lowest BCUT2D eigenvalue weighted by atomic mass is 10.1. The van der Waals surface area contributed by atoms with Gasteiger partial charge < -0.3 is 14.2 Å². The summed E-state index contributed by atoms with van der Waals surface area (Å²) in [5.74, 6) is -0.904. The van der Waals surface area contributed by atoms with Crippen LogP contribution in [0.15, 0.2) is 97.2 Å². The lowest BCUT2D eigenvalue weighted by Gasteiger charge is -2.18. The average Bonchev–Trinajstić information content (AvgIpc) is 3.46. The van der Waals surface area contributed by atoms with Crippen molar-refractivity contribution in [1.29, 1.82) is 0 Å². The minimum atomic E-state index is -0.794. The van der Waals surface area contributed by atoms with E-state index in [1.54, 1.807) is 0 Å². The number of allylic oxidation sites excluding steroid dienone is 16. The Morgan fingerprint density at radius 3 is 0.713 bits per heavy atom. The molecule has 0 aromatic rings. The molecule has 0 spiro atoms. The normalized spacial score (nSPS) is 12.7. The van der Waals surface area contributed by atoms with Gasteiger partial charge in [0.05, 0.1) is 0 Å². The smallest absolute Gasteiger partial charge is 0.306 e. The molecule has 460 valence electrons. The highest BCUT2D eigenvalue weighted by Gasteiger charge is 2.19. The fourth-order valence-corrected chi connectivity index (χ4v) is 9.61. The summed E-state index contributed by atoms with van der Waals surface area (Å²) in [6.07, 6.45) is 91.2. The van der Waals surface area contributed by atoms with Gasteiger partial charge in [-0.05, 0) is 128 Å². The zero-order valence-corrected chi connectivity index (χ0v) is 52.8. The first-order valence-corrected chi connectivity index (χ1v) is 34.2. The van der Waals surface area contributed by atoms with Gasteiger partial charge >= 0.3 is 17.9 Å². The number of carbonyl (C=O) groups excluding carboxylic acids is 3. The number of unbranched alkanes of at least 4 members (excludes halogenated alkanes) is 35. The molecule has 0 saturated carbocycles. The van der Waals surface area contributed by atoms with Crippen molar-refractivity contribution in [3.8, 4) is 0 Å². The third kappa shape index (κ3) is 65.1. The van der Waals surface area contributed by atoms with E-state index in [-0.39, 0.29) is 31.1 Å². The molecule has 80 heavy (non-hydrogen) atoms. The molecule has 0 saturated heterocycles. The molecule has 0 aliphatic carbocycles. The molecule has 6 heteroatoms. The lowest BCUT2D eigenvalue weighted by molar-refractivity contribution is -0.167. The molecule has 0 bridgehead atoms. The van der Waals surface area contributed by atoms with Gasteiger partial charge in [-0.2, -0.15) is 0 Å². The van der Waals surface area contributed by atoms with Gasteiger partial charge in [0.25, 0.3) is 0 Å². The molecular formula is C74H128O6. The molecule has 0 fully saturated rings. The van der Waals surface area contributed by atoms with Crippen LogP contribution in [0.2, 0.25) is 0 Å². The fraction of sp³-hybridized carbons (Fsp3) is 0.743. The van der Waals surface area contributed by atoms with Crippen molar-refractivity contribution < 1.29 is 28.6 Å². The number of carbonyl (C=O) groups is 3. The van der Waals surface area contributed by atoms with Crippen LogP contribution in [0.5, 0.6) is 0 Å². The molecule has 0 N–H and O–H groups in total. The van der Waals surface area contributed by atoms with E-state index in [1.807, 2.05) is 0 Å². The Bertz CT molecular complexity index is 1560. The highest BCUT2D eigenvalue weighted by Crippen LogP contribution is 2.16. The Labute approximate surface area is 496 Å². The highest BCUT2D eigenvalue weighted by molar-refractivity contribution is 5.71. The topological polar surface area (TPSA) is 78.9 Å². The van der Waals surface area contributed by atoms with E-state index in [2.05, 4.69) is 118 Å². The van der Waals surface area contributed by atoms with E-state index in [0.29, 0.717) is 19.3 Å². The van der Waals surface area contributed by atoms with Crippen molar-refractivity contribution in [3.05, 3.63) is 97.2 Å². The number of hydrogen-bond acceptors (Lipinski definition) is 6. The quantitative estimate of drug-likeness (QED) is 0.0261. The van der Waals surface area contributed by atoms with Crippen LogP contribution in [0.1, 0.15) is 335 Å². The molecule has 0 amide bonds. The third-order valence-electron chi connectivity index (χ3n) is 14.8. The predicted octanol–water partition coefficient (Wildman–Crippen LogP) is 23.6. The van der Waals surface area contributed by atoms with Gasteiger partial charge in [-0.3, -0.25) is 14.4 Å². The van der Waals surface area contributed by atoms with E-state index in [0.717, 1.165) is 122 Å². The maximum absolute atomic E-state index is 13.0. The van der Waals surface area contributed by atoms with Crippen molar-refractivity contribution in [2.24, 2.45) is 0 Å². The minimum absolute atomic E-state index is 0.0888. The SMILES string of the molecule is CCCCCC/C=C\C/C=C\CCCCCCCC(=O)OCC(COC(=O)CCCCCCCCCC/C=C\C/C=C\C/C=C\CCCCCCC)OC(=O)CCCCCCCCCC/C=C\C/C=C\C/C=C\CCCCCCC. The molecule has 0 aromatic carbocycles. The first kappa shape index (κ1) is 76.3. The standard InChI is InChI=1S/C74H128O6/c1-4-7-10-13-16-19-22-25-28-31-33-35-37-39-41-43-46-49-52-55-58-61-64-67-73(76)79-70-71(69-78-72(75)66-63-60-57-54-51-48-45-30-27-24-21-18-15-12-9-6-3)80-74(77)68-65-62-59-56-53-50-47-44-42-40-38-36-34-32-29-26-23-20-17-14-11-8-5-2/h21-26,30-34,37-40,45,71H,4-20,27-29,35-36,41-44,46-70H2,1-3H3/b24-21-,25-22-,26-23-,33-31-,34-32-,39-37-,40-38-,45-30-. The Hall–Kier alpha value is -3.67. The summed E-state index contributed by atoms with van der Waals surface area (Å²) in [5, 5.41) is 0. The van der Waals surface area contributed by atoms with Crippen LogP contribution in [0, 0.1) is 0 Å². The molecule has 0 radical (unpaired) electrons. The summed E-state index contributed by atoms with van der Waals surface area (Å²) in [7, 11) is 0. The summed E-state index contributed by atoms with van der Waals surface area (Å²) in [4.78, 5) is 38.4. The van der Waals surface area contributed by atoms with Crippen molar-refractivity contribution in [3.63, 3.8) is 0 Å². The van der Waals surface area contributed by atoms with Crippen LogP contribution in [-0.2, 0) is 28.6 Å². The molecule has 1 atom stereocenters. The summed E-state index contributed by atoms with van der Waals surface area (Å²) in [5.41, 5.74) is 0. The van der Waals surface area contributed by atoms with Crippen molar-refractivity contribution in [2.45, 2.75) is 341 Å². The van der Waals surface area contributed by atoms with Crippen molar-refractivity contribution in [1.82, 2.24) is 0 Å². The van der Waals surface area contributed by atoms with E-state index in [9.17, 15) is 14.4 Å². The lowest BCUT2D eigenvalue weighted by Crippen LogP contribution is -2.30. The van der Waals surface area contributed by atoms with Gasteiger partial charge in [0.15, 0.2) is 6.10 Å². The van der Waals surface area contributed by atoms with Gasteiger partial charge in [-0.1, -0.05) is 285 Å². The first-order valence-electron chi connectivity index (χ1n) is 34.2. The number of esters is 3. The van der Waals surface area contributed by atoms with Gasteiger partial charge in [0.2, 0.25) is 0 Å². The monoisotopic (exact) mass is 1110 g/mol. The Balaban J connectivity index is 4.41. The second kappa shape index (κ2) is 67.8. The molecule has 0 heterocycles. The number of hydrogen-bond donors (Lipinski definition) is 0. The fourth-order valence-electron chi connectivity index (χ4n) is 9.61. The zero-order valence-electron chi connectivity index (χ0n) is 52.8. The van der Waals surface area contributed by atoms with E-state index in [4.69, 9.17) is 14.2 Å². The average molecular weight is 1110 g/mol. The molecule has 0 aromatic heterocycles. The molecule has 6 nitrogen and oxygen atoms in total. The van der Waals surface area contributed by atoms with E-state index < -0.39 is 6.10 Å². The van der Waals surface area contributed by atoms with Gasteiger partial charge in [0.1, 0.15) is 13.2 Å². The largest absolute Gasteiger partial charge is 0.462 e. The van der Waals surface area contributed by atoms with Crippen molar-refractivity contribution >= 4 is 17.9 Å². The second-order valence-electron chi connectivity index (χ2n) is 22.7. The van der Waals surface area contributed by atoms with Crippen LogP contribution in [-0.4, -0.2) is 37.2 Å². The molecule has 0 aliphatic heterocycles. The van der Waals surface area contributed by atoms with Crippen LogP contribution in [0.3, 0.4) is 0 Å². The molecule has 1 unspecified atom stereocenters. The summed E-state index contributed by atoms with van der Waals surface area (Å²) in [6, 6.07) is 0. The Morgan fingerprint density at radius 1 is 0.250 bits per heavy atom. The second-order valence-corrected chi connectivity index (χ2v) is 22.7.